The highest BCUT2D eigenvalue weighted by Gasteiger charge is 2.15. The molecule has 0 radical (unpaired) electrons. The van der Waals surface area contributed by atoms with Crippen molar-refractivity contribution in [3.8, 4) is 17.3 Å². The van der Waals surface area contributed by atoms with Gasteiger partial charge in [-0.15, -0.1) is 10.2 Å². The number of nitriles is 1. The fourth-order valence-corrected chi connectivity index (χ4v) is 2.69. The first-order valence-electron chi connectivity index (χ1n) is 6.23. The summed E-state index contributed by atoms with van der Waals surface area (Å²) in [5, 5.41) is 23.2. The van der Waals surface area contributed by atoms with E-state index in [0.717, 1.165) is 5.56 Å². The monoisotopic (exact) mass is 311 g/mol. The number of nitrogens with one attached hydrogen (secondary N) is 2. The predicted molar refractivity (Wildman–Crippen MR) is 78.7 cm³/mol. The number of hydrogen-bond donors (Lipinski definition) is 2. The zero-order valence-electron chi connectivity index (χ0n) is 11.1. The van der Waals surface area contributed by atoms with Crippen molar-refractivity contribution in [2.45, 2.75) is 10.8 Å². The Morgan fingerprint density at radius 2 is 2.09 bits per heavy atom. The summed E-state index contributed by atoms with van der Waals surface area (Å²) in [6.45, 7) is 0. The first-order valence-corrected chi connectivity index (χ1v) is 7.21. The molecule has 108 valence electrons. The molecule has 0 saturated heterocycles. The third kappa shape index (κ3) is 2.87. The zero-order valence-corrected chi connectivity index (χ0v) is 12.0. The molecule has 2 N–H and O–H groups in total. The van der Waals surface area contributed by atoms with Crippen LogP contribution in [0.5, 0.6) is 0 Å². The molecule has 0 spiro atoms. The fourth-order valence-electron chi connectivity index (χ4n) is 1.86. The van der Waals surface area contributed by atoms with Crippen LogP contribution < -0.4 is 5.69 Å². The molecular weight excluding hydrogens is 302 g/mol. The van der Waals surface area contributed by atoms with E-state index in [1.165, 1.54) is 11.8 Å². The molecule has 0 aliphatic heterocycles. The number of rotatable bonds is 4. The van der Waals surface area contributed by atoms with E-state index >= 15 is 0 Å². The highest BCUT2D eigenvalue weighted by molar-refractivity contribution is 7.98. The summed E-state index contributed by atoms with van der Waals surface area (Å²) in [6, 6.07) is 11.3. The topological polar surface area (TPSA) is 124 Å². The van der Waals surface area contributed by atoms with Crippen LogP contribution in [0.1, 0.15) is 11.4 Å². The van der Waals surface area contributed by atoms with Gasteiger partial charge in [-0.3, -0.25) is 0 Å². The maximum absolute atomic E-state index is 11.8. The van der Waals surface area contributed by atoms with E-state index in [2.05, 4.69) is 36.7 Å². The largest absolute Gasteiger partial charge is 0.346 e. The van der Waals surface area contributed by atoms with Crippen molar-refractivity contribution in [1.29, 1.82) is 5.26 Å². The van der Waals surface area contributed by atoms with Gasteiger partial charge < -0.3 is 4.98 Å². The maximum atomic E-state index is 11.8. The van der Waals surface area contributed by atoms with Gasteiger partial charge in [0.2, 0.25) is 0 Å². The van der Waals surface area contributed by atoms with Crippen LogP contribution in [-0.2, 0) is 5.75 Å². The summed E-state index contributed by atoms with van der Waals surface area (Å²) in [6.07, 6.45) is 0. The molecule has 0 saturated carbocycles. The van der Waals surface area contributed by atoms with Crippen LogP contribution >= 0.6 is 11.8 Å². The van der Waals surface area contributed by atoms with E-state index in [1.54, 1.807) is 0 Å². The molecule has 0 atom stereocenters. The highest BCUT2D eigenvalue weighted by Crippen LogP contribution is 2.28. The zero-order chi connectivity index (χ0) is 15.4. The lowest BCUT2D eigenvalue weighted by Crippen LogP contribution is -2.14. The Labute approximate surface area is 128 Å². The quantitative estimate of drug-likeness (QED) is 0.546. The molecule has 22 heavy (non-hydrogen) atoms. The second-order valence-electron chi connectivity index (χ2n) is 4.19. The average Bonchev–Trinajstić information content (AvgIpc) is 3.06. The van der Waals surface area contributed by atoms with Gasteiger partial charge in [-0.25, -0.2) is 4.79 Å². The Kier molecular flexibility index (Phi) is 3.93. The van der Waals surface area contributed by atoms with Crippen LogP contribution in [0.3, 0.4) is 0 Å². The Morgan fingerprint density at radius 3 is 2.77 bits per heavy atom. The van der Waals surface area contributed by atoms with Crippen LogP contribution in [0.25, 0.3) is 11.3 Å². The first kappa shape index (κ1) is 14.0. The number of hydrogen-bond acceptors (Lipinski definition) is 7. The minimum Gasteiger partial charge on any atom is -0.304 e. The molecule has 0 fully saturated rings. The van der Waals surface area contributed by atoms with Crippen molar-refractivity contribution >= 4 is 11.8 Å². The molecule has 0 aliphatic carbocycles. The minimum atomic E-state index is -0.506. The minimum absolute atomic E-state index is 0.319. The third-order valence-electron chi connectivity index (χ3n) is 2.80. The van der Waals surface area contributed by atoms with Crippen molar-refractivity contribution in [1.82, 2.24) is 30.6 Å². The molecule has 2 aromatic heterocycles. The van der Waals surface area contributed by atoms with Crippen LogP contribution in [0.4, 0.5) is 0 Å². The van der Waals surface area contributed by atoms with E-state index in [-0.39, 0.29) is 0 Å². The fraction of sp³-hybridized carbons (Fsp3) is 0.0769. The number of tetrazole rings is 1. The summed E-state index contributed by atoms with van der Waals surface area (Å²) < 4.78 is 0. The highest BCUT2D eigenvalue weighted by atomic mass is 32.2. The molecule has 0 bridgehead atoms. The summed E-state index contributed by atoms with van der Waals surface area (Å²) in [7, 11) is 0. The van der Waals surface area contributed by atoms with Crippen molar-refractivity contribution in [2.24, 2.45) is 0 Å². The van der Waals surface area contributed by atoms with Crippen LogP contribution in [-0.4, -0.2) is 30.6 Å². The van der Waals surface area contributed by atoms with Crippen LogP contribution in [0, 0.1) is 11.3 Å². The Bertz CT molecular complexity index is 868. The van der Waals surface area contributed by atoms with Gasteiger partial charge in [0.05, 0.1) is 11.4 Å². The smallest absolute Gasteiger partial charge is 0.304 e. The van der Waals surface area contributed by atoms with E-state index < -0.39 is 5.69 Å². The second-order valence-corrected chi connectivity index (χ2v) is 5.16. The van der Waals surface area contributed by atoms with Gasteiger partial charge in [-0.05, 0) is 5.56 Å². The van der Waals surface area contributed by atoms with Gasteiger partial charge in [-0.1, -0.05) is 47.3 Å². The molecule has 0 amide bonds. The number of aromatic nitrogens is 6. The second kappa shape index (κ2) is 6.19. The van der Waals surface area contributed by atoms with Crippen molar-refractivity contribution < 1.29 is 0 Å². The van der Waals surface area contributed by atoms with Crippen molar-refractivity contribution in [3.05, 3.63) is 52.2 Å². The normalized spacial score (nSPS) is 10.3. The van der Waals surface area contributed by atoms with Gasteiger partial charge >= 0.3 is 5.69 Å². The Morgan fingerprint density at radius 1 is 1.27 bits per heavy atom. The third-order valence-corrected chi connectivity index (χ3v) is 3.77. The van der Waals surface area contributed by atoms with Gasteiger partial charge in [0.1, 0.15) is 16.7 Å². The molecular formula is C13H9N7OS. The Hall–Kier alpha value is -2.99. The first-order chi connectivity index (χ1) is 10.8. The van der Waals surface area contributed by atoms with Crippen LogP contribution in [0.2, 0.25) is 0 Å². The van der Waals surface area contributed by atoms with Gasteiger partial charge in [0.25, 0.3) is 0 Å². The van der Waals surface area contributed by atoms with E-state index in [9.17, 15) is 10.1 Å². The number of nitrogens with zero attached hydrogens (tertiary/aromatic N) is 5. The lowest BCUT2D eigenvalue weighted by Gasteiger charge is -2.07. The van der Waals surface area contributed by atoms with E-state index in [1.807, 2.05) is 30.3 Å². The van der Waals surface area contributed by atoms with Gasteiger partial charge in [0.15, 0.2) is 5.82 Å². The molecule has 8 nitrogen and oxygen atoms in total. The molecule has 2 heterocycles. The van der Waals surface area contributed by atoms with Crippen LogP contribution in [0.15, 0.2) is 40.2 Å². The van der Waals surface area contributed by atoms with Crippen molar-refractivity contribution in [2.75, 3.05) is 0 Å². The molecule has 0 unspecified atom stereocenters. The standard InChI is InChI=1S/C13H9N7OS/c14-6-9-11(8-4-2-1-3-5-8)15-13(21)16-12(9)22-7-10-17-19-20-18-10/h1-5H,7H2,(H,15,16,21)(H,17,18,19,20). The number of aromatic amines is 2. The SMILES string of the molecule is N#Cc1c(SCc2nn[nH]n2)nc(=O)[nH]c1-c1ccccc1. The lowest BCUT2D eigenvalue weighted by molar-refractivity contribution is 0.881. The Balaban J connectivity index is 2.02. The van der Waals surface area contributed by atoms with E-state index in [0.29, 0.717) is 27.9 Å². The number of benzene rings is 1. The lowest BCUT2D eigenvalue weighted by atomic mass is 10.1. The predicted octanol–water partition coefficient (Wildman–Crippen LogP) is 1.11. The van der Waals surface area contributed by atoms with E-state index in [4.69, 9.17) is 0 Å². The maximum Gasteiger partial charge on any atom is 0.346 e. The average molecular weight is 311 g/mol. The number of thioether (sulfide) groups is 1. The summed E-state index contributed by atoms with van der Waals surface area (Å²) in [5.41, 5.74) is 1.02. The summed E-state index contributed by atoms with van der Waals surface area (Å²) >= 11 is 1.21. The molecule has 3 rings (SSSR count). The van der Waals surface area contributed by atoms with Crippen molar-refractivity contribution in [3.63, 3.8) is 0 Å². The molecule has 0 aliphatic rings. The molecule has 1 aromatic carbocycles. The molecule has 9 heteroatoms. The number of H-pyrrole nitrogens is 2. The van der Waals surface area contributed by atoms with Gasteiger partial charge in [0, 0.05) is 0 Å². The van der Waals surface area contributed by atoms with Gasteiger partial charge in [-0.2, -0.15) is 15.5 Å². The summed E-state index contributed by atoms with van der Waals surface area (Å²) in [4.78, 5) is 18.3. The molecule has 3 aromatic rings. The summed E-state index contributed by atoms with van der Waals surface area (Å²) in [5.74, 6) is 0.827.